The Hall–Kier alpha value is -1.13. The number of rotatable bonds is 4. The summed E-state index contributed by atoms with van der Waals surface area (Å²) in [6, 6.07) is 7.86. The van der Waals surface area contributed by atoms with E-state index < -0.39 is 0 Å². The van der Waals surface area contributed by atoms with E-state index in [0.717, 1.165) is 16.5 Å². The highest BCUT2D eigenvalue weighted by molar-refractivity contribution is 7.13. The molecule has 0 aliphatic carbocycles. The Balaban J connectivity index is 2.47. The maximum Gasteiger partial charge on any atom is 0.268 e. The van der Waals surface area contributed by atoms with E-state index in [-0.39, 0.29) is 11.6 Å². The summed E-state index contributed by atoms with van der Waals surface area (Å²) in [5.41, 5.74) is 5.89. The van der Waals surface area contributed by atoms with Crippen molar-refractivity contribution in [2.45, 2.75) is 26.3 Å². The fourth-order valence-corrected chi connectivity index (χ4v) is 3.17. The largest absolute Gasteiger partial charge is 0.328 e. The molecule has 1 aromatic heterocycles. The van der Waals surface area contributed by atoms with E-state index in [4.69, 9.17) is 5.73 Å². The van der Waals surface area contributed by atoms with Crippen molar-refractivity contribution in [3.05, 3.63) is 34.6 Å². The molecule has 0 radical (unpaired) electrons. The molecule has 4 heteroatoms. The first kappa shape index (κ1) is 12.3. The van der Waals surface area contributed by atoms with E-state index in [1.807, 2.05) is 28.2 Å². The molecule has 1 unspecified atom stereocenters. The van der Waals surface area contributed by atoms with Crippen LogP contribution in [0.1, 0.15) is 26.3 Å². The Kier molecular flexibility index (Phi) is 3.64. The molecule has 1 heterocycles. The summed E-state index contributed by atoms with van der Waals surface area (Å²) in [6.07, 6.45) is 0.948. The number of hydrogen-bond acceptors (Lipinski definition) is 3. The highest BCUT2D eigenvalue weighted by Gasteiger charge is 2.16. The fourth-order valence-electron chi connectivity index (χ4n) is 2.06. The van der Waals surface area contributed by atoms with E-state index in [2.05, 4.69) is 13.8 Å². The molecule has 3 nitrogen and oxygen atoms in total. The lowest BCUT2D eigenvalue weighted by Gasteiger charge is -2.16. The highest BCUT2D eigenvalue weighted by Crippen LogP contribution is 2.22. The molecule has 92 valence electrons. The maximum absolute atomic E-state index is 12.2. The minimum absolute atomic E-state index is 0.0988. The van der Waals surface area contributed by atoms with Gasteiger partial charge >= 0.3 is 0 Å². The van der Waals surface area contributed by atoms with Gasteiger partial charge in [-0.3, -0.25) is 8.75 Å². The molecule has 0 saturated heterocycles. The topological polar surface area (TPSA) is 48.0 Å². The maximum atomic E-state index is 12.2. The van der Waals surface area contributed by atoms with Crippen LogP contribution < -0.4 is 11.3 Å². The van der Waals surface area contributed by atoms with Crippen LogP contribution >= 0.6 is 11.5 Å². The predicted octanol–water partition coefficient (Wildman–Crippen LogP) is 2.61. The summed E-state index contributed by atoms with van der Waals surface area (Å²) in [7, 11) is 0. The summed E-state index contributed by atoms with van der Waals surface area (Å²) < 4.78 is 2.88. The molecule has 2 aromatic rings. The van der Waals surface area contributed by atoms with Crippen LogP contribution in [0.2, 0.25) is 0 Å². The summed E-state index contributed by atoms with van der Waals surface area (Å²) in [5, 5.41) is 0.805. The van der Waals surface area contributed by atoms with Crippen molar-refractivity contribution in [2.75, 3.05) is 6.54 Å². The number of nitrogens with zero attached hydrogens (tertiary/aromatic N) is 1. The van der Waals surface area contributed by atoms with Crippen molar-refractivity contribution in [3.8, 4) is 0 Å². The molecular formula is C13H18N2OS. The van der Waals surface area contributed by atoms with Crippen molar-refractivity contribution in [2.24, 2.45) is 11.7 Å². The third-order valence-corrected chi connectivity index (χ3v) is 4.07. The van der Waals surface area contributed by atoms with Gasteiger partial charge in [-0.15, -0.1) is 0 Å². The Bertz CT molecular complexity index is 556. The second kappa shape index (κ2) is 5.02. The molecule has 1 atom stereocenters. The van der Waals surface area contributed by atoms with Crippen LogP contribution in [0.5, 0.6) is 0 Å². The molecule has 1 aromatic carbocycles. The number of fused-ring (bicyclic) bond motifs is 1. The normalized spacial score (nSPS) is 13.4. The number of nitrogens with two attached hydrogens (primary N) is 1. The molecule has 0 saturated carbocycles. The molecular weight excluding hydrogens is 232 g/mol. The smallest absolute Gasteiger partial charge is 0.268 e. The third-order valence-electron chi connectivity index (χ3n) is 2.86. The van der Waals surface area contributed by atoms with Crippen LogP contribution in [0, 0.1) is 5.92 Å². The fraction of sp³-hybridized carbons (Fsp3) is 0.462. The van der Waals surface area contributed by atoms with Gasteiger partial charge in [0.05, 0.1) is 16.1 Å². The average Bonchev–Trinajstić information content (AvgIpc) is 2.64. The molecule has 0 fully saturated rings. The second-order valence-corrected chi connectivity index (χ2v) is 5.75. The molecule has 0 amide bonds. The van der Waals surface area contributed by atoms with Crippen molar-refractivity contribution in [3.63, 3.8) is 0 Å². The van der Waals surface area contributed by atoms with Crippen LogP contribution in [-0.4, -0.2) is 10.5 Å². The van der Waals surface area contributed by atoms with Gasteiger partial charge in [0.1, 0.15) is 0 Å². The van der Waals surface area contributed by atoms with Gasteiger partial charge in [-0.2, -0.15) is 0 Å². The SMILES string of the molecule is CC(C)CC(CN)n1sc2ccccc2c1=O. The first-order chi connectivity index (χ1) is 8.13. The highest BCUT2D eigenvalue weighted by atomic mass is 32.1. The van der Waals surface area contributed by atoms with Gasteiger partial charge in [-0.1, -0.05) is 37.5 Å². The van der Waals surface area contributed by atoms with Crippen molar-refractivity contribution >= 4 is 21.6 Å². The Morgan fingerprint density at radius 2 is 2.06 bits per heavy atom. The molecule has 2 N–H and O–H groups in total. The van der Waals surface area contributed by atoms with Gasteiger partial charge in [0.25, 0.3) is 5.56 Å². The van der Waals surface area contributed by atoms with Crippen molar-refractivity contribution in [1.29, 1.82) is 0 Å². The molecule has 0 aliphatic heterocycles. The number of benzene rings is 1. The first-order valence-electron chi connectivity index (χ1n) is 5.94. The Labute approximate surface area is 105 Å². The van der Waals surface area contributed by atoms with E-state index >= 15 is 0 Å². The lowest BCUT2D eigenvalue weighted by Crippen LogP contribution is -2.26. The van der Waals surface area contributed by atoms with Crippen LogP contribution in [0.3, 0.4) is 0 Å². The van der Waals surface area contributed by atoms with E-state index in [0.29, 0.717) is 12.5 Å². The van der Waals surface area contributed by atoms with Crippen LogP contribution in [0.4, 0.5) is 0 Å². The summed E-state index contributed by atoms with van der Waals surface area (Å²) in [4.78, 5) is 12.2. The van der Waals surface area contributed by atoms with Crippen LogP contribution in [0.25, 0.3) is 10.1 Å². The Morgan fingerprint density at radius 3 is 2.65 bits per heavy atom. The molecule has 0 bridgehead atoms. The first-order valence-corrected chi connectivity index (χ1v) is 6.71. The van der Waals surface area contributed by atoms with Gasteiger partial charge in [0, 0.05) is 6.54 Å². The molecule has 0 aliphatic rings. The van der Waals surface area contributed by atoms with Gasteiger partial charge in [0.15, 0.2) is 0 Å². The van der Waals surface area contributed by atoms with Gasteiger partial charge in [-0.05, 0) is 24.5 Å². The molecule has 17 heavy (non-hydrogen) atoms. The monoisotopic (exact) mass is 250 g/mol. The van der Waals surface area contributed by atoms with Gasteiger partial charge in [0.2, 0.25) is 0 Å². The third kappa shape index (κ3) is 2.42. The zero-order chi connectivity index (χ0) is 12.4. The lowest BCUT2D eigenvalue weighted by atomic mass is 10.0. The number of aromatic nitrogens is 1. The minimum atomic E-state index is 0.0988. The number of hydrogen-bond donors (Lipinski definition) is 1. The predicted molar refractivity (Wildman–Crippen MR) is 73.6 cm³/mol. The van der Waals surface area contributed by atoms with Gasteiger partial charge in [-0.25, -0.2) is 0 Å². The van der Waals surface area contributed by atoms with Crippen molar-refractivity contribution in [1.82, 2.24) is 3.96 Å². The standard InChI is InChI=1S/C13H18N2OS/c1-9(2)7-10(8-14)15-13(16)11-5-3-4-6-12(11)17-15/h3-6,9-10H,7-8,14H2,1-2H3. The summed E-state index contributed by atoms with van der Waals surface area (Å²) >= 11 is 1.52. The van der Waals surface area contributed by atoms with Crippen LogP contribution in [-0.2, 0) is 0 Å². The van der Waals surface area contributed by atoms with Gasteiger partial charge < -0.3 is 5.73 Å². The minimum Gasteiger partial charge on any atom is -0.328 e. The average molecular weight is 250 g/mol. The lowest BCUT2D eigenvalue weighted by molar-refractivity contribution is 0.422. The second-order valence-electron chi connectivity index (χ2n) is 4.74. The Morgan fingerprint density at radius 1 is 1.35 bits per heavy atom. The van der Waals surface area contributed by atoms with Crippen molar-refractivity contribution < 1.29 is 0 Å². The van der Waals surface area contributed by atoms with E-state index in [1.54, 1.807) is 0 Å². The molecule has 2 rings (SSSR count). The zero-order valence-electron chi connectivity index (χ0n) is 10.2. The molecule has 0 spiro atoms. The zero-order valence-corrected chi connectivity index (χ0v) is 11.0. The quantitative estimate of drug-likeness (QED) is 0.906. The van der Waals surface area contributed by atoms with E-state index in [9.17, 15) is 4.79 Å². The summed E-state index contributed by atoms with van der Waals surface area (Å²) in [6.45, 7) is 4.83. The van der Waals surface area contributed by atoms with Crippen LogP contribution in [0.15, 0.2) is 29.1 Å². The van der Waals surface area contributed by atoms with E-state index in [1.165, 1.54) is 11.5 Å². The summed E-state index contributed by atoms with van der Waals surface area (Å²) in [5.74, 6) is 0.542.